The molecule has 1 heterocycles. The Morgan fingerprint density at radius 2 is 2.21 bits per heavy atom. The van der Waals surface area contributed by atoms with E-state index in [9.17, 15) is 4.79 Å². The Balaban J connectivity index is 2.27. The smallest absolute Gasteiger partial charge is 0.253 e. The molecule has 0 unspecified atom stereocenters. The monoisotopic (exact) mass is 257 g/mol. The number of primary amides is 1. The van der Waals surface area contributed by atoms with E-state index in [0.717, 1.165) is 12.8 Å². The second-order valence-electron chi connectivity index (χ2n) is 3.62. The van der Waals surface area contributed by atoms with Gasteiger partial charge < -0.3 is 5.73 Å². The van der Waals surface area contributed by atoms with Crippen molar-refractivity contribution >= 4 is 21.8 Å². The fourth-order valence-corrected chi connectivity index (χ4v) is 2.37. The van der Waals surface area contributed by atoms with Crippen LogP contribution < -0.4 is 5.73 Å². The maximum absolute atomic E-state index is 11.0. The van der Waals surface area contributed by atoms with Gasteiger partial charge in [-0.15, -0.1) is 0 Å². The lowest BCUT2D eigenvalue weighted by Crippen LogP contribution is -2.10. The van der Waals surface area contributed by atoms with Crippen molar-refractivity contribution in [3.05, 3.63) is 16.4 Å². The zero-order valence-electron chi connectivity index (χ0n) is 7.74. The van der Waals surface area contributed by atoms with E-state index in [1.54, 1.807) is 6.20 Å². The number of carbonyl (C=O) groups is 1. The molecule has 5 heteroatoms. The first kappa shape index (κ1) is 9.71. The van der Waals surface area contributed by atoms with Gasteiger partial charge in [0.25, 0.3) is 5.91 Å². The largest absolute Gasteiger partial charge is 0.365 e. The molecule has 1 amide bonds. The molecule has 0 aromatic carbocycles. The van der Waals surface area contributed by atoms with Crippen molar-refractivity contribution in [3.63, 3.8) is 0 Å². The number of carbonyl (C=O) groups excluding carboxylic acids is 1. The van der Waals surface area contributed by atoms with Crippen LogP contribution in [0.2, 0.25) is 0 Å². The molecule has 2 N–H and O–H groups in total. The third kappa shape index (κ3) is 1.68. The van der Waals surface area contributed by atoms with Crippen molar-refractivity contribution in [1.29, 1.82) is 0 Å². The van der Waals surface area contributed by atoms with Gasteiger partial charge in [0, 0.05) is 6.20 Å². The Bertz CT molecular complexity index is 355. The summed E-state index contributed by atoms with van der Waals surface area (Å²) in [6.07, 6.45) is 6.52. The summed E-state index contributed by atoms with van der Waals surface area (Å²) in [5.74, 6) is -0.430. The molecule has 0 aliphatic heterocycles. The molecule has 0 bridgehead atoms. The van der Waals surface area contributed by atoms with Crippen molar-refractivity contribution in [2.45, 2.75) is 31.7 Å². The summed E-state index contributed by atoms with van der Waals surface area (Å²) in [4.78, 5) is 11.0. The van der Waals surface area contributed by atoms with Crippen LogP contribution in [-0.4, -0.2) is 15.7 Å². The summed E-state index contributed by atoms with van der Waals surface area (Å²) in [6.45, 7) is 0. The van der Waals surface area contributed by atoms with Gasteiger partial charge in [0.2, 0.25) is 0 Å². The fraction of sp³-hybridized carbons (Fsp3) is 0.556. The van der Waals surface area contributed by atoms with Crippen molar-refractivity contribution in [3.8, 4) is 0 Å². The van der Waals surface area contributed by atoms with Crippen LogP contribution in [-0.2, 0) is 0 Å². The third-order valence-corrected chi connectivity index (χ3v) is 3.24. The van der Waals surface area contributed by atoms with Gasteiger partial charge >= 0.3 is 0 Å². The zero-order chi connectivity index (χ0) is 10.1. The minimum absolute atomic E-state index is 0.430. The van der Waals surface area contributed by atoms with Crippen molar-refractivity contribution < 1.29 is 4.79 Å². The first-order valence-electron chi connectivity index (χ1n) is 4.73. The SMILES string of the molecule is NC(=O)c1cn(C2CCCC2)nc1Br. The Kier molecular flexibility index (Phi) is 2.58. The maximum atomic E-state index is 11.0. The fourth-order valence-electron chi connectivity index (χ4n) is 1.89. The highest BCUT2D eigenvalue weighted by Crippen LogP contribution is 2.30. The first-order valence-corrected chi connectivity index (χ1v) is 5.52. The van der Waals surface area contributed by atoms with Crippen molar-refractivity contribution in [2.75, 3.05) is 0 Å². The maximum Gasteiger partial charge on any atom is 0.253 e. The Hall–Kier alpha value is -0.840. The molecule has 14 heavy (non-hydrogen) atoms. The highest BCUT2D eigenvalue weighted by atomic mass is 79.9. The van der Waals surface area contributed by atoms with E-state index < -0.39 is 5.91 Å². The second-order valence-corrected chi connectivity index (χ2v) is 4.37. The van der Waals surface area contributed by atoms with E-state index in [1.807, 2.05) is 4.68 Å². The summed E-state index contributed by atoms with van der Waals surface area (Å²) in [7, 11) is 0. The van der Waals surface area contributed by atoms with E-state index in [4.69, 9.17) is 5.73 Å². The van der Waals surface area contributed by atoms with Crippen molar-refractivity contribution in [2.24, 2.45) is 5.73 Å². The molecule has 0 radical (unpaired) electrons. The molecule has 4 nitrogen and oxygen atoms in total. The summed E-state index contributed by atoms with van der Waals surface area (Å²) in [5, 5.41) is 4.25. The first-order chi connectivity index (χ1) is 6.68. The lowest BCUT2D eigenvalue weighted by Gasteiger charge is -2.08. The molecular formula is C9H12BrN3O. The number of aromatic nitrogens is 2. The van der Waals surface area contributed by atoms with Gasteiger partial charge in [0.1, 0.15) is 4.60 Å². The number of hydrogen-bond donors (Lipinski definition) is 1. The third-order valence-electron chi connectivity index (χ3n) is 2.65. The van der Waals surface area contributed by atoms with Crippen LogP contribution in [0.1, 0.15) is 42.1 Å². The lowest BCUT2D eigenvalue weighted by molar-refractivity contribution is 0.0999. The van der Waals surface area contributed by atoms with Gasteiger partial charge in [-0.05, 0) is 28.8 Å². The molecule has 1 aromatic rings. The van der Waals surface area contributed by atoms with Crippen LogP contribution in [0, 0.1) is 0 Å². The highest BCUT2D eigenvalue weighted by molar-refractivity contribution is 9.10. The Morgan fingerprint density at radius 1 is 1.57 bits per heavy atom. The predicted octanol–water partition coefficient (Wildman–Crippen LogP) is 1.86. The van der Waals surface area contributed by atoms with E-state index in [0.29, 0.717) is 16.2 Å². The molecule has 1 fully saturated rings. The minimum atomic E-state index is -0.430. The van der Waals surface area contributed by atoms with Gasteiger partial charge in [0.05, 0.1) is 11.6 Å². The zero-order valence-corrected chi connectivity index (χ0v) is 9.33. The number of hydrogen-bond acceptors (Lipinski definition) is 2. The molecule has 2 rings (SSSR count). The molecule has 0 saturated heterocycles. The number of amides is 1. The van der Waals surface area contributed by atoms with Gasteiger partial charge in [-0.1, -0.05) is 12.8 Å². The molecule has 0 atom stereocenters. The minimum Gasteiger partial charge on any atom is -0.365 e. The van der Waals surface area contributed by atoms with Gasteiger partial charge in [0.15, 0.2) is 0 Å². The predicted molar refractivity (Wildman–Crippen MR) is 55.9 cm³/mol. The number of nitrogens with two attached hydrogens (primary N) is 1. The molecule has 76 valence electrons. The van der Waals surface area contributed by atoms with E-state index in [2.05, 4.69) is 21.0 Å². The average molecular weight is 258 g/mol. The number of halogens is 1. The Labute approximate surface area is 90.6 Å². The molecule has 1 aliphatic carbocycles. The summed E-state index contributed by atoms with van der Waals surface area (Å²) in [5.41, 5.74) is 5.67. The van der Waals surface area contributed by atoms with Gasteiger partial charge in [-0.25, -0.2) is 0 Å². The molecule has 1 saturated carbocycles. The standard InChI is InChI=1S/C9H12BrN3O/c10-8-7(9(11)14)5-13(12-8)6-3-1-2-4-6/h5-6H,1-4H2,(H2,11,14). The van der Waals surface area contributed by atoms with Crippen LogP contribution in [0.25, 0.3) is 0 Å². The van der Waals surface area contributed by atoms with Crippen molar-refractivity contribution in [1.82, 2.24) is 9.78 Å². The number of rotatable bonds is 2. The second kappa shape index (κ2) is 3.73. The van der Waals surface area contributed by atoms with E-state index >= 15 is 0 Å². The van der Waals surface area contributed by atoms with E-state index in [-0.39, 0.29) is 0 Å². The molecule has 0 spiro atoms. The summed E-state index contributed by atoms with van der Waals surface area (Å²) >= 11 is 3.23. The Morgan fingerprint density at radius 3 is 2.71 bits per heavy atom. The molecule has 1 aromatic heterocycles. The normalized spacial score (nSPS) is 17.5. The molecular weight excluding hydrogens is 246 g/mol. The summed E-state index contributed by atoms with van der Waals surface area (Å²) < 4.78 is 2.41. The van der Waals surface area contributed by atoms with E-state index in [1.165, 1.54) is 12.8 Å². The van der Waals surface area contributed by atoms with Crippen LogP contribution in [0.4, 0.5) is 0 Å². The topological polar surface area (TPSA) is 60.9 Å². The average Bonchev–Trinajstić information content (AvgIpc) is 2.70. The highest BCUT2D eigenvalue weighted by Gasteiger charge is 2.20. The number of nitrogens with zero attached hydrogens (tertiary/aromatic N) is 2. The van der Waals surface area contributed by atoms with Crippen LogP contribution in [0.5, 0.6) is 0 Å². The quantitative estimate of drug-likeness (QED) is 0.880. The molecule has 1 aliphatic rings. The van der Waals surface area contributed by atoms with Gasteiger partial charge in [-0.2, -0.15) is 5.10 Å². The lowest BCUT2D eigenvalue weighted by atomic mass is 10.2. The van der Waals surface area contributed by atoms with Crippen LogP contribution >= 0.6 is 15.9 Å². The van der Waals surface area contributed by atoms with Gasteiger partial charge in [-0.3, -0.25) is 9.48 Å². The summed E-state index contributed by atoms with van der Waals surface area (Å²) in [6, 6.07) is 0.444. The van der Waals surface area contributed by atoms with Crippen LogP contribution in [0.15, 0.2) is 10.8 Å². The van der Waals surface area contributed by atoms with Crippen LogP contribution in [0.3, 0.4) is 0 Å².